The summed E-state index contributed by atoms with van der Waals surface area (Å²) >= 11 is 1.69. The molecule has 1 amide bonds. The van der Waals surface area contributed by atoms with Gasteiger partial charge in [-0.3, -0.25) is 9.69 Å². The van der Waals surface area contributed by atoms with E-state index in [4.69, 9.17) is 0 Å². The average molecular weight is 382 g/mol. The van der Waals surface area contributed by atoms with Crippen molar-refractivity contribution in [3.63, 3.8) is 0 Å². The zero-order valence-corrected chi connectivity index (χ0v) is 16.2. The van der Waals surface area contributed by atoms with Crippen molar-refractivity contribution < 1.29 is 4.79 Å². The molecule has 6 nitrogen and oxygen atoms in total. The van der Waals surface area contributed by atoms with Crippen LogP contribution in [-0.4, -0.2) is 56.7 Å². The summed E-state index contributed by atoms with van der Waals surface area (Å²) in [6.07, 6.45) is 4.12. The lowest BCUT2D eigenvalue weighted by Crippen LogP contribution is -2.48. The van der Waals surface area contributed by atoms with Gasteiger partial charge in [-0.1, -0.05) is 12.1 Å². The standard InChI is InChI=1S/C20H23N5OS/c1-16-22-18(15-27-16)14-23-9-11-24(12-10-23)20(26)13-17-3-5-19(6-4-17)25-8-2-7-21-25/h2-8,15H,9-14H2,1H3. The van der Waals surface area contributed by atoms with Crippen molar-refractivity contribution in [2.75, 3.05) is 26.2 Å². The number of thiazole rings is 1. The first-order valence-electron chi connectivity index (χ1n) is 9.17. The third-order valence-electron chi connectivity index (χ3n) is 4.84. The maximum Gasteiger partial charge on any atom is 0.227 e. The highest BCUT2D eigenvalue weighted by atomic mass is 32.1. The second kappa shape index (κ2) is 8.02. The van der Waals surface area contributed by atoms with Crippen LogP contribution in [0, 0.1) is 6.92 Å². The number of carbonyl (C=O) groups is 1. The second-order valence-corrected chi connectivity index (χ2v) is 7.87. The van der Waals surface area contributed by atoms with Crippen molar-refractivity contribution in [3.8, 4) is 5.69 Å². The van der Waals surface area contributed by atoms with E-state index in [0.717, 1.165) is 54.7 Å². The number of aromatic nitrogens is 3. The number of hydrogen-bond donors (Lipinski definition) is 0. The van der Waals surface area contributed by atoms with E-state index in [1.165, 1.54) is 0 Å². The van der Waals surface area contributed by atoms with E-state index in [1.807, 2.05) is 53.0 Å². The molecule has 1 fully saturated rings. The monoisotopic (exact) mass is 381 g/mol. The second-order valence-electron chi connectivity index (χ2n) is 6.81. The largest absolute Gasteiger partial charge is 0.340 e. The van der Waals surface area contributed by atoms with Crippen LogP contribution in [-0.2, 0) is 17.8 Å². The molecule has 0 bridgehead atoms. The van der Waals surface area contributed by atoms with Gasteiger partial charge in [-0.2, -0.15) is 5.10 Å². The maximum atomic E-state index is 12.6. The maximum absolute atomic E-state index is 12.6. The smallest absolute Gasteiger partial charge is 0.227 e. The summed E-state index contributed by atoms with van der Waals surface area (Å²) in [7, 11) is 0. The quantitative estimate of drug-likeness (QED) is 0.682. The molecule has 1 aromatic carbocycles. The van der Waals surface area contributed by atoms with Gasteiger partial charge >= 0.3 is 0 Å². The van der Waals surface area contributed by atoms with Crippen molar-refractivity contribution >= 4 is 17.2 Å². The summed E-state index contributed by atoms with van der Waals surface area (Å²) in [5, 5.41) is 7.46. The SMILES string of the molecule is Cc1nc(CN2CCN(C(=O)Cc3ccc(-n4cccn4)cc3)CC2)cs1. The van der Waals surface area contributed by atoms with E-state index in [-0.39, 0.29) is 5.91 Å². The van der Waals surface area contributed by atoms with Crippen molar-refractivity contribution in [2.45, 2.75) is 19.9 Å². The molecule has 1 aliphatic heterocycles. The van der Waals surface area contributed by atoms with E-state index in [0.29, 0.717) is 6.42 Å². The molecule has 1 saturated heterocycles. The molecule has 3 heterocycles. The van der Waals surface area contributed by atoms with E-state index < -0.39 is 0 Å². The Labute approximate surface area is 163 Å². The third kappa shape index (κ3) is 4.43. The zero-order valence-electron chi connectivity index (χ0n) is 15.4. The lowest BCUT2D eigenvalue weighted by Gasteiger charge is -2.34. The van der Waals surface area contributed by atoms with Crippen LogP contribution in [0.1, 0.15) is 16.3 Å². The molecule has 1 aliphatic rings. The molecule has 27 heavy (non-hydrogen) atoms. The first kappa shape index (κ1) is 17.9. The Hall–Kier alpha value is -2.51. The molecule has 0 saturated carbocycles. The van der Waals surface area contributed by atoms with Crippen LogP contribution in [0.2, 0.25) is 0 Å². The Morgan fingerprint density at radius 2 is 1.93 bits per heavy atom. The minimum atomic E-state index is 0.200. The number of nitrogens with zero attached hydrogens (tertiary/aromatic N) is 5. The topological polar surface area (TPSA) is 54.3 Å². The van der Waals surface area contributed by atoms with Crippen LogP contribution in [0.15, 0.2) is 48.1 Å². The van der Waals surface area contributed by atoms with Crippen LogP contribution in [0.4, 0.5) is 0 Å². The molecule has 0 unspecified atom stereocenters. The van der Waals surface area contributed by atoms with Crippen LogP contribution >= 0.6 is 11.3 Å². The Kier molecular flexibility index (Phi) is 5.31. The molecule has 7 heteroatoms. The molecule has 0 N–H and O–H groups in total. The first-order chi connectivity index (χ1) is 13.2. The highest BCUT2D eigenvalue weighted by molar-refractivity contribution is 7.09. The highest BCUT2D eigenvalue weighted by Gasteiger charge is 2.21. The fourth-order valence-electron chi connectivity index (χ4n) is 3.34. The van der Waals surface area contributed by atoms with Crippen molar-refractivity contribution in [1.29, 1.82) is 0 Å². The predicted octanol–water partition coefficient (Wildman–Crippen LogP) is 2.52. The summed E-state index contributed by atoms with van der Waals surface area (Å²) in [5.74, 6) is 0.200. The van der Waals surface area contributed by atoms with E-state index in [9.17, 15) is 4.79 Å². The first-order valence-corrected chi connectivity index (χ1v) is 10.1. The zero-order chi connectivity index (χ0) is 18.6. The number of piperazine rings is 1. The average Bonchev–Trinajstić information content (AvgIpc) is 3.35. The Morgan fingerprint density at radius 3 is 2.56 bits per heavy atom. The highest BCUT2D eigenvalue weighted by Crippen LogP contribution is 2.14. The van der Waals surface area contributed by atoms with Gasteiger partial charge in [-0.15, -0.1) is 11.3 Å². The normalized spacial score (nSPS) is 15.2. The van der Waals surface area contributed by atoms with Gasteiger partial charge in [0.05, 0.1) is 22.8 Å². The van der Waals surface area contributed by atoms with Crippen LogP contribution in [0.25, 0.3) is 5.69 Å². The van der Waals surface area contributed by atoms with Crippen molar-refractivity contribution in [1.82, 2.24) is 24.6 Å². The van der Waals surface area contributed by atoms with Crippen LogP contribution in [0.5, 0.6) is 0 Å². The molecule has 0 radical (unpaired) electrons. The molecule has 140 valence electrons. The van der Waals surface area contributed by atoms with Gasteiger partial charge in [0.15, 0.2) is 0 Å². The summed E-state index contributed by atoms with van der Waals surface area (Å²) in [5.41, 5.74) is 3.17. The van der Waals surface area contributed by atoms with E-state index in [1.54, 1.807) is 17.5 Å². The number of aryl methyl sites for hydroxylation is 1. The molecule has 3 aromatic rings. The fourth-order valence-corrected chi connectivity index (χ4v) is 3.94. The number of rotatable bonds is 5. The molecule has 4 rings (SSSR count). The Balaban J connectivity index is 1.28. The summed E-state index contributed by atoms with van der Waals surface area (Å²) < 4.78 is 1.81. The van der Waals surface area contributed by atoms with Gasteiger partial charge in [0.25, 0.3) is 0 Å². The Morgan fingerprint density at radius 1 is 1.15 bits per heavy atom. The fraction of sp³-hybridized carbons (Fsp3) is 0.350. The third-order valence-corrected chi connectivity index (χ3v) is 5.66. The molecule has 0 atom stereocenters. The molecule has 2 aromatic heterocycles. The van der Waals surface area contributed by atoms with Gasteiger partial charge in [-0.25, -0.2) is 9.67 Å². The van der Waals surface area contributed by atoms with Gasteiger partial charge in [0.1, 0.15) is 0 Å². The van der Waals surface area contributed by atoms with E-state index >= 15 is 0 Å². The molecular weight excluding hydrogens is 358 g/mol. The molecule has 0 aliphatic carbocycles. The lowest BCUT2D eigenvalue weighted by molar-refractivity contribution is -0.132. The Bertz CT molecular complexity index is 880. The van der Waals surface area contributed by atoms with Gasteiger partial charge in [-0.05, 0) is 30.7 Å². The van der Waals surface area contributed by atoms with Gasteiger partial charge in [0, 0.05) is 50.5 Å². The minimum absolute atomic E-state index is 0.200. The number of benzene rings is 1. The van der Waals surface area contributed by atoms with Crippen LogP contribution < -0.4 is 0 Å². The number of hydrogen-bond acceptors (Lipinski definition) is 5. The minimum Gasteiger partial charge on any atom is -0.340 e. The summed E-state index contributed by atoms with van der Waals surface area (Å²) in [6.45, 7) is 6.29. The molecule has 0 spiro atoms. The van der Waals surface area contributed by atoms with Crippen molar-refractivity contribution in [2.24, 2.45) is 0 Å². The van der Waals surface area contributed by atoms with Crippen LogP contribution in [0.3, 0.4) is 0 Å². The van der Waals surface area contributed by atoms with E-state index in [2.05, 4.69) is 20.4 Å². The summed E-state index contributed by atoms with van der Waals surface area (Å²) in [6, 6.07) is 9.92. The summed E-state index contributed by atoms with van der Waals surface area (Å²) in [4.78, 5) is 21.5. The van der Waals surface area contributed by atoms with Gasteiger partial charge in [0.2, 0.25) is 5.91 Å². The predicted molar refractivity (Wildman–Crippen MR) is 106 cm³/mol. The lowest BCUT2D eigenvalue weighted by atomic mass is 10.1. The number of carbonyl (C=O) groups excluding carboxylic acids is 1. The molecular formula is C20H23N5OS. The van der Waals surface area contributed by atoms with Crippen molar-refractivity contribution in [3.05, 3.63) is 64.4 Å². The number of amides is 1. The van der Waals surface area contributed by atoms with Gasteiger partial charge < -0.3 is 4.90 Å².